The zero-order valence-electron chi connectivity index (χ0n) is 16.9. The van der Waals surface area contributed by atoms with E-state index in [-0.39, 0.29) is 5.56 Å². The summed E-state index contributed by atoms with van der Waals surface area (Å²) in [4.78, 5) is 26.1. The molecule has 3 heterocycles. The summed E-state index contributed by atoms with van der Waals surface area (Å²) in [5.74, 6) is -0.394. The molecule has 0 fully saturated rings. The lowest BCUT2D eigenvalue weighted by molar-refractivity contribution is 0.0457. The molecule has 0 bridgehead atoms. The molecule has 31 heavy (non-hydrogen) atoms. The van der Waals surface area contributed by atoms with Crippen molar-refractivity contribution < 1.29 is 9.13 Å². The SMILES string of the molecule is Cn1c(=O)c2c(-c3ccc(Br)cc3)n3c(c2n(C)c1=O)C(c1ccccc1F)OCC3. The van der Waals surface area contributed by atoms with Crippen LogP contribution in [-0.2, 0) is 25.4 Å². The zero-order valence-corrected chi connectivity index (χ0v) is 18.5. The molecule has 1 unspecified atom stereocenters. The Hall–Kier alpha value is -2.97. The predicted molar refractivity (Wildman–Crippen MR) is 120 cm³/mol. The van der Waals surface area contributed by atoms with Crippen LogP contribution in [0.3, 0.4) is 0 Å². The van der Waals surface area contributed by atoms with Gasteiger partial charge in [0, 0.05) is 30.7 Å². The van der Waals surface area contributed by atoms with Crippen molar-refractivity contribution in [1.29, 1.82) is 0 Å². The van der Waals surface area contributed by atoms with Gasteiger partial charge in [-0.1, -0.05) is 46.3 Å². The number of halogens is 2. The fourth-order valence-electron chi connectivity index (χ4n) is 4.41. The Morgan fingerprint density at radius 2 is 1.74 bits per heavy atom. The zero-order chi connectivity index (χ0) is 21.9. The van der Waals surface area contributed by atoms with E-state index in [1.54, 1.807) is 25.2 Å². The molecule has 1 atom stereocenters. The second-order valence-corrected chi connectivity index (χ2v) is 8.51. The van der Waals surface area contributed by atoms with E-state index in [9.17, 15) is 14.0 Å². The molecule has 6 nitrogen and oxygen atoms in total. The van der Waals surface area contributed by atoms with Crippen molar-refractivity contribution >= 4 is 26.8 Å². The normalized spacial score (nSPS) is 15.9. The summed E-state index contributed by atoms with van der Waals surface area (Å²) in [6.45, 7) is 0.836. The fraction of sp³-hybridized carbons (Fsp3) is 0.217. The molecule has 0 amide bonds. The number of fused-ring (bicyclic) bond motifs is 3. The standard InChI is InChI=1S/C23H19BrFN3O3/c1-26-19-17(22(29)27(2)23(26)30)18(13-7-9-14(24)10-8-13)28-11-12-31-21(20(19)28)15-5-3-4-6-16(15)25/h3-10,21H,11-12H2,1-2H3. The molecular formula is C23H19BrFN3O3. The Kier molecular flexibility index (Phi) is 4.71. The van der Waals surface area contributed by atoms with Crippen LogP contribution in [0, 0.1) is 5.82 Å². The summed E-state index contributed by atoms with van der Waals surface area (Å²) in [6.07, 6.45) is -0.737. The van der Waals surface area contributed by atoms with Crippen LogP contribution in [0.4, 0.5) is 4.39 Å². The number of aryl methyl sites for hydroxylation is 1. The molecule has 0 aliphatic carbocycles. The molecule has 0 saturated heterocycles. The van der Waals surface area contributed by atoms with Crippen LogP contribution < -0.4 is 11.2 Å². The molecule has 1 aliphatic heterocycles. The van der Waals surface area contributed by atoms with Crippen molar-refractivity contribution in [2.45, 2.75) is 12.6 Å². The van der Waals surface area contributed by atoms with Crippen molar-refractivity contribution in [2.75, 3.05) is 6.61 Å². The smallest absolute Gasteiger partial charge is 0.331 e. The van der Waals surface area contributed by atoms with Gasteiger partial charge in [-0.2, -0.15) is 0 Å². The van der Waals surface area contributed by atoms with E-state index in [0.29, 0.717) is 41.0 Å². The number of nitrogens with zero attached hydrogens (tertiary/aromatic N) is 3. The van der Waals surface area contributed by atoms with E-state index in [4.69, 9.17) is 4.74 Å². The summed E-state index contributed by atoms with van der Waals surface area (Å²) in [5.41, 5.74) is 2.18. The molecule has 4 aromatic rings. The van der Waals surface area contributed by atoms with Crippen LogP contribution in [0.2, 0.25) is 0 Å². The lowest BCUT2D eigenvalue weighted by atomic mass is 10.0. The van der Waals surface area contributed by atoms with Crippen LogP contribution >= 0.6 is 15.9 Å². The summed E-state index contributed by atoms with van der Waals surface area (Å²) in [5, 5.41) is 0.425. The van der Waals surface area contributed by atoms with Crippen LogP contribution in [0.15, 0.2) is 62.6 Å². The van der Waals surface area contributed by atoms with Crippen LogP contribution in [0.25, 0.3) is 22.2 Å². The Morgan fingerprint density at radius 3 is 2.45 bits per heavy atom. The van der Waals surface area contributed by atoms with E-state index in [1.165, 1.54) is 17.7 Å². The maximum absolute atomic E-state index is 14.7. The molecule has 0 N–H and O–H groups in total. The maximum Gasteiger partial charge on any atom is 0.331 e. The van der Waals surface area contributed by atoms with Crippen molar-refractivity contribution in [3.05, 3.63) is 90.9 Å². The largest absolute Gasteiger partial charge is 0.365 e. The van der Waals surface area contributed by atoms with Gasteiger partial charge in [0.1, 0.15) is 11.9 Å². The first-order chi connectivity index (χ1) is 14.9. The summed E-state index contributed by atoms with van der Waals surface area (Å²) in [6, 6.07) is 14.1. The highest BCUT2D eigenvalue weighted by Crippen LogP contribution is 2.41. The van der Waals surface area contributed by atoms with Gasteiger partial charge in [0.25, 0.3) is 5.56 Å². The first-order valence-electron chi connectivity index (χ1n) is 9.84. The second kappa shape index (κ2) is 7.32. The van der Waals surface area contributed by atoms with E-state index in [2.05, 4.69) is 15.9 Å². The average Bonchev–Trinajstić information content (AvgIpc) is 3.13. The van der Waals surface area contributed by atoms with E-state index in [1.807, 2.05) is 28.8 Å². The third-order valence-electron chi connectivity index (χ3n) is 5.86. The quantitative estimate of drug-likeness (QED) is 0.436. The highest BCUT2D eigenvalue weighted by Gasteiger charge is 2.34. The Labute approximate surface area is 185 Å². The Morgan fingerprint density at radius 1 is 1.03 bits per heavy atom. The van der Waals surface area contributed by atoms with Crippen LogP contribution in [0.5, 0.6) is 0 Å². The number of benzene rings is 2. The number of hydrogen-bond donors (Lipinski definition) is 0. The van der Waals surface area contributed by atoms with Crippen molar-refractivity contribution in [2.24, 2.45) is 14.1 Å². The van der Waals surface area contributed by atoms with Crippen LogP contribution in [0.1, 0.15) is 17.4 Å². The molecule has 0 spiro atoms. The first kappa shape index (κ1) is 20.0. The molecule has 158 valence electrons. The second-order valence-electron chi connectivity index (χ2n) is 7.59. The van der Waals surface area contributed by atoms with Gasteiger partial charge in [-0.25, -0.2) is 9.18 Å². The van der Waals surface area contributed by atoms with E-state index >= 15 is 0 Å². The molecule has 0 radical (unpaired) electrons. The predicted octanol–water partition coefficient (Wildman–Crippen LogP) is 3.73. The van der Waals surface area contributed by atoms with Crippen LogP contribution in [-0.4, -0.2) is 20.3 Å². The van der Waals surface area contributed by atoms with Crippen molar-refractivity contribution in [3.63, 3.8) is 0 Å². The van der Waals surface area contributed by atoms with Gasteiger partial charge in [0.05, 0.1) is 28.9 Å². The lowest BCUT2D eigenvalue weighted by Gasteiger charge is -2.28. The van der Waals surface area contributed by atoms with Crippen molar-refractivity contribution in [3.8, 4) is 11.3 Å². The number of hydrogen-bond acceptors (Lipinski definition) is 3. The van der Waals surface area contributed by atoms with E-state index < -0.39 is 17.6 Å². The number of rotatable bonds is 2. The minimum atomic E-state index is -0.737. The van der Waals surface area contributed by atoms with Gasteiger partial charge in [0.15, 0.2) is 0 Å². The molecule has 5 rings (SSSR count). The molecular weight excluding hydrogens is 465 g/mol. The maximum atomic E-state index is 14.7. The average molecular weight is 484 g/mol. The highest BCUT2D eigenvalue weighted by atomic mass is 79.9. The minimum absolute atomic E-state index is 0.352. The van der Waals surface area contributed by atoms with Gasteiger partial charge in [-0.05, 0) is 23.8 Å². The van der Waals surface area contributed by atoms with Gasteiger partial charge in [0.2, 0.25) is 0 Å². The minimum Gasteiger partial charge on any atom is -0.365 e. The highest BCUT2D eigenvalue weighted by molar-refractivity contribution is 9.10. The summed E-state index contributed by atoms with van der Waals surface area (Å²) < 4.78 is 26.2. The van der Waals surface area contributed by atoms with Crippen molar-refractivity contribution in [1.82, 2.24) is 13.7 Å². The van der Waals surface area contributed by atoms with Gasteiger partial charge < -0.3 is 9.30 Å². The monoisotopic (exact) mass is 483 g/mol. The summed E-state index contributed by atoms with van der Waals surface area (Å²) >= 11 is 3.45. The number of ether oxygens (including phenoxy) is 1. The Bertz CT molecular complexity index is 1450. The summed E-state index contributed by atoms with van der Waals surface area (Å²) in [7, 11) is 3.10. The first-order valence-corrected chi connectivity index (χ1v) is 10.6. The third kappa shape index (κ3) is 2.93. The number of aromatic nitrogens is 3. The fourth-order valence-corrected chi connectivity index (χ4v) is 4.68. The Balaban J connectivity index is 1.96. The van der Waals surface area contributed by atoms with Gasteiger partial charge in [-0.15, -0.1) is 0 Å². The molecule has 2 aromatic heterocycles. The molecule has 2 aromatic carbocycles. The molecule has 8 heteroatoms. The third-order valence-corrected chi connectivity index (χ3v) is 6.39. The molecule has 1 aliphatic rings. The van der Waals surface area contributed by atoms with Gasteiger partial charge >= 0.3 is 5.69 Å². The van der Waals surface area contributed by atoms with Gasteiger partial charge in [-0.3, -0.25) is 13.9 Å². The van der Waals surface area contributed by atoms with E-state index in [0.717, 1.165) is 14.6 Å². The lowest BCUT2D eigenvalue weighted by Crippen LogP contribution is -2.37. The molecule has 0 saturated carbocycles. The topological polar surface area (TPSA) is 58.2 Å².